The van der Waals surface area contributed by atoms with Crippen molar-refractivity contribution in [3.05, 3.63) is 29.6 Å². The van der Waals surface area contributed by atoms with Crippen LogP contribution in [0, 0.1) is 11.7 Å². The summed E-state index contributed by atoms with van der Waals surface area (Å²) in [7, 11) is -3.89. The van der Waals surface area contributed by atoms with Gasteiger partial charge in [0, 0.05) is 6.04 Å². The lowest BCUT2D eigenvalue weighted by Crippen LogP contribution is -2.35. The van der Waals surface area contributed by atoms with Gasteiger partial charge in [0.15, 0.2) is 0 Å². The van der Waals surface area contributed by atoms with Crippen molar-refractivity contribution in [3.8, 4) is 0 Å². The van der Waals surface area contributed by atoms with E-state index in [4.69, 9.17) is 5.11 Å². The third-order valence-electron chi connectivity index (χ3n) is 4.05. The highest BCUT2D eigenvalue weighted by atomic mass is 32.2. The number of aliphatic hydroxyl groups excluding tert-OH is 1. The van der Waals surface area contributed by atoms with Crippen molar-refractivity contribution in [2.45, 2.75) is 56.6 Å². The summed E-state index contributed by atoms with van der Waals surface area (Å²) in [6.07, 6.45) is 4.62. The Balaban J connectivity index is 2.18. The van der Waals surface area contributed by atoms with Crippen molar-refractivity contribution in [2.75, 3.05) is 0 Å². The van der Waals surface area contributed by atoms with Crippen LogP contribution in [-0.2, 0) is 16.6 Å². The van der Waals surface area contributed by atoms with Gasteiger partial charge in [0.1, 0.15) is 10.7 Å². The summed E-state index contributed by atoms with van der Waals surface area (Å²) in [5.74, 6) is -0.185. The number of halogens is 1. The fourth-order valence-electron chi connectivity index (χ4n) is 2.74. The van der Waals surface area contributed by atoms with Crippen molar-refractivity contribution < 1.29 is 17.9 Å². The van der Waals surface area contributed by atoms with Gasteiger partial charge >= 0.3 is 0 Å². The van der Waals surface area contributed by atoms with Gasteiger partial charge in [-0.05, 0) is 42.9 Å². The smallest absolute Gasteiger partial charge is 0.243 e. The van der Waals surface area contributed by atoms with E-state index in [-0.39, 0.29) is 17.5 Å². The lowest BCUT2D eigenvalue weighted by molar-refractivity contribution is 0.281. The number of nitrogens with one attached hydrogen (secondary N) is 1. The van der Waals surface area contributed by atoms with Crippen LogP contribution in [0.3, 0.4) is 0 Å². The third kappa shape index (κ3) is 4.25. The minimum atomic E-state index is -3.89. The maximum Gasteiger partial charge on any atom is 0.243 e. The number of benzene rings is 1. The number of hydrogen-bond acceptors (Lipinski definition) is 3. The summed E-state index contributed by atoms with van der Waals surface area (Å²) >= 11 is 0. The van der Waals surface area contributed by atoms with E-state index < -0.39 is 15.8 Å². The molecule has 1 aromatic rings. The van der Waals surface area contributed by atoms with Crippen molar-refractivity contribution in [1.82, 2.24) is 4.72 Å². The first-order valence-corrected chi connectivity index (χ1v) is 8.82. The number of hydrogen-bond donors (Lipinski definition) is 2. The average molecular weight is 315 g/mol. The number of sulfonamides is 1. The van der Waals surface area contributed by atoms with E-state index >= 15 is 0 Å². The van der Waals surface area contributed by atoms with Crippen molar-refractivity contribution in [2.24, 2.45) is 5.92 Å². The molecule has 0 radical (unpaired) electrons. The van der Waals surface area contributed by atoms with Crippen molar-refractivity contribution in [3.63, 3.8) is 0 Å². The summed E-state index contributed by atoms with van der Waals surface area (Å²) in [6, 6.07) is 3.51. The zero-order chi connectivity index (χ0) is 15.5. The second-order valence-corrected chi connectivity index (χ2v) is 7.54. The molecule has 118 valence electrons. The number of rotatable bonds is 4. The molecule has 2 rings (SSSR count). The van der Waals surface area contributed by atoms with Crippen LogP contribution in [0.4, 0.5) is 4.39 Å². The van der Waals surface area contributed by atoms with Gasteiger partial charge in [-0.2, -0.15) is 0 Å². The molecule has 1 fully saturated rings. The van der Waals surface area contributed by atoms with Gasteiger partial charge in [-0.3, -0.25) is 0 Å². The van der Waals surface area contributed by atoms with Crippen LogP contribution >= 0.6 is 0 Å². The topological polar surface area (TPSA) is 66.4 Å². The van der Waals surface area contributed by atoms with Crippen LogP contribution in [0.15, 0.2) is 23.1 Å². The summed E-state index contributed by atoms with van der Waals surface area (Å²) in [6.45, 7) is 1.85. The highest BCUT2D eigenvalue weighted by molar-refractivity contribution is 7.89. The van der Waals surface area contributed by atoms with E-state index in [1.807, 2.05) is 0 Å². The molecule has 0 spiro atoms. The fourth-order valence-corrected chi connectivity index (χ4v) is 4.17. The Morgan fingerprint density at radius 1 is 1.29 bits per heavy atom. The molecule has 0 bridgehead atoms. The monoisotopic (exact) mass is 315 g/mol. The Labute approximate surface area is 125 Å². The average Bonchev–Trinajstić information content (AvgIpc) is 2.63. The quantitative estimate of drug-likeness (QED) is 0.839. The summed E-state index contributed by atoms with van der Waals surface area (Å²) < 4.78 is 41.1. The van der Waals surface area contributed by atoms with Crippen LogP contribution < -0.4 is 4.72 Å². The molecule has 2 N–H and O–H groups in total. The SMILES string of the molecule is CC1CCCC(NS(=O)(=O)c2cc(CO)ccc2F)CC1. The summed E-state index contributed by atoms with van der Waals surface area (Å²) in [5, 5.41) is 9.07. The van der Waals surface area contributed by atoms with E-state index in [0.717, 1.165) is 38.2 Å². The molecule has 1 aromatic carbocycles. The third-order valence-corrected chi connectivity index (χ3v) is 5.58. The van der Waals surface area contributed by atoms with E-state index in [1.54, 1.807) is 0 Å². The molecule has 1 aliphatic carbocycles. The first kappa shape index (κ1) is 16.4. The molecule has 21 heavy (non-hydrogen) atoms. The van der Waals surface area contributed by atoms with Crippen molar-refractivity contribution >= 4 is 10.0 Å². The largest absolute Gasteiger partial charge is 0.392 e. The van der Waals surface area contributed by atoms with Crippen LogP contribution in [-0.4, -0.2) is 19.6 Å². The highest BCUT2D eigenvalue weighted by Crippen LogP contribution is 2.24. The molecule has 4 nitrogen and oxygen atoms in total. The molecule has 0 aliphatic heterocycles. The van der Waals surface area contributed by atoms with Crippen LogP contribution in [0.5, 0.6) is 0 Å². The van der Waals surface area contributed by atoms with E-state index in [1.165, 1.54) is 12.1 Å². The molecule has 0 aromatic heterocycles. The van der Waals surface area contributed by atoms with Crippen molar-refractivity contribution in [1.29, 1.82) is 0 Å². The maximum atomic E-state index is 13.8. The molecule has 0 amide bonds. The normalized spacial score (nSPS) is 23.8. The van der Waals surface area contributed by atoms with Gasteiger partial charge in [0.25, 0.3) is 0 Å². The highest BCUT2D eigenvalue weighted by Gasteiger charge is 2.25. The second-order valence-electron chi connectivity index (χ2n) is 5.85. The maximum absolute atomic E-state index is 13.8. The Bertz CT molecular complexity index is 589. The molecule has 2 atom stereocenters. The van der Waals surface area contributed by atoms with E-state index in [0.29, 0.717) is 11.5 Å². The predicted octanol–water partition coefficient (Wildman–Crippen LogP) is 2.57. The summed E-state index contributed by atoms with van der Waals surface area (Å²) in [4.78, 5) is -0.383. The lowest BCUT2D eigenvalue weighted by Gasteiger charge is -2.17. The molecule has 1 aliphatic rings. The molecule has 0 heterocycles. The predicted molar refractivity (Wildman–Crippen MR) is 78.7 cm³/mol. The molecule has 6 heteroatoms. The number of aliphatic hydroxyl groups is 1. The van der Waals surface area contributed by atoms with Crippen LogP contribution in [0.25, 0.3) is 0 Å². The van der Waals surface area contributed by atoms with Gasteiger partial charge in [-0.25, -0.2) is 17.5 Å². The second kappa shape index (κ2) is 6.85. The van der Waals surface area contributed by atoms with E-state index in [9.17, 15) is 12.8 Å². The minimum Gasteiger partial charge on any atom is -0.392 e. The van der Waals surface area contributed by atoms with Gasteiger partial charge < -0.3 is 5.11 Å². The molecule has 2 unspecified atom stereocenters. The Hall–Kier alpha value is -0.980. The van der Waals surface area contributed by atoms with Gasteiger partial charge in [-0.1, -0.05) is 25.8 Å². The Morgan fingerprint density at radius 3 is 2.76 bits per heavy atom. The summed E-state index contributed by atoms with van der Waals surface area (Å²) in [5.41, 5.74) is 0.381. The van der Waals surface area contributed by atoms with Crippen LogP contribution in [0.2, 0.25) is 0 Å². The van der Waals surface area contributed by atoms with Gasteiger partial charge in [0.2, 0.25) is 10.0 Å². The Morgan fingerprint density at radius 2 is 2.05 bits per heavy atom. The lowest BCUT2D eigenvalue weighted by atomic mass is 10.0. The molecular weight excluding hydrogens is 293 g/mol. The zero-order valence-electron chi connectivity index (χ0n) is 12.2. The standard InChI is InChI=1S/C15H22FNO3S/c1-11-3-2-4-13(7-5-11)17-21(19,20)15-9-12(10-18)6-8-14(15)16/h6,8-9,11,13,17-18H,2-5,7,10H2,1H3. The van der Waals surface area contributed by atoms with Crippen LogP contribution in [0.1, 0.15) is 44.6 Å². The fraction of sp³-hybridized carbons (Fsp3) is 0.600. The van der Waals surface area contributed by atoms with E-state index in [2.05, 4.69) is 11.6 Å². The molecule has 1 saturated carbocycles. The first-order chi connectivity index (χ1) is 9.92. The first-order valence-electron chi connectivity index (χ1n) is 7.34. The molecular formula is C15H22FNO3S. The molecule has 0 saturated heterocycles. The van der Waals surface area contributed by atoms with Gasteiger partial charge in [-0.15, -0.1) is 0 Å². The van der Waals surface area contributed by atoms with Gasteiger partial charge in [0.05, 0.1) is 6.61 Å². The Kier molecular flexibility index (Phi) is 5.35. The minimum absolute atomic E-state index is 0.142. The zero-order valence-corrected chi connectivity index (χ0v) is 13.0.